The quantitative estimate of drug-likeness (QED) is 0.308. The zero-order valence-electron chi connectivity index (χ0n) is 19.7. The van der Waals surface area contributed by atoms with Gasteiger partial charge in [0.2, 0.25) is 17.7 Å². The topological polar surface area (TPSA) is 150 Å². The molecule has 0 bridgehead atoms. The summed E-state index contributed by atoms with van der Waals surface area (Å²) in [6.07, 6.45) is 4.36. The maximum absolute atomic E-state index is 13.4. The van der Waals surface area contributed by atoms with E-state index in [0.717, 1.165) is 5.56 Å². The van der Waals surface area contributed by atoms with Gasteiger partial charge in [0.15, 0.2) is 0 Å². The molecule has 4 N–H and O–H groups in total. The van der Waals surface area contributed by atoms with Crippen LogP contribution >= 0.6 is 0 Å². The summed E-state index contributed by atoms with van der Waals surface area (Å²) in [4.78, 5) is 61.0. The smallest absolute Gasteiger partial charge is 0.330 e. The van der Waals surface area contributed by atoms with Crippen molar-refractivity contribution < 1.29 is 23.9 Å². The molecule has 0 radical (unpaired) electrons. The number of aromatic nitrogens is 1. The predicted octanol–water partition coefficient (Wildman–Crippen LogP) is 1.46. The van der Waals surface area contributed by atoms with Crippen molar-refractivity contribution in [3.63, 3.8) is 0 Å². The SMILES string of the molecule is CCOC(=O)/C=C/[C@H](CCC(N)=O)NC(=O)[C@H](Cc1ccccc1)n1cccc(NC(C)=O)c1=O. The van der Waals surface area contributed by atoms with Gasteiger partial charge in [-0.2, -0.15) is 0 Å². The van der Waals surface area contributed by atoms with Crippen molar-refractivity contribution in [2.45, 2.75) is 45.2 Å². The minimum absolute atomic E-state index is 0.0283. The monoisotopic (exact) mass is 482 g/mol. The first-order valence-electron chi connectivity index (χ1n) is 11.2. The van der Waals surface area contributed by atoms with Gasteiger partial charge < -0.3 is 25.7 Å². The number of ether oxygens (including phenoxy) is 1. The van der Waals surface area contributed by atoms with E-state index >= 15 is 0 Å². The number of nitrogens with zero attached hydrogens (tertiary/aromatic N) is 1. The van der Waals surface area contributed by atoms with E-state index in [1.807, 2.05) is 30.3 Å². The lowest BCUT2D eigenvalue weighted by Gasteiger charge is -2.23. The minimum Gasteiger partial charge on any atom is -0.463 e. The average molecular weight is 483 g/mol. The molecule has 0 aliphatic carbocycles. The standard InChI is InChI=1S/C25H30N4O6/c1-3-35-23(32)14-12-19(11-13-22(26)31)28-24(33)21(16-18-8-5-4-6-9-18)29-15-7-10-20(25(29)34)27-17(2)30/h4-10,12,14-15,19,21H,3,11,13,16H2,1-2H3,(H2,26,31)(H,27,30)(H,28,33)/b14-12+/t19-,21-/m0/s1. The number of esters is 1. The Balaban J connectivity index is 2.39. The van der Waals surface area contributed by atoms with E-state index in [4.69, 9.17) is 10.5 Å². The van der Waals surface area contributed by atoms with Crippen LogP contribution in [0.4, 0.5) is 5.69 Å². The van der Waals surface area contributed by atoms with Crippen LogP contribution in [0.1, 0.15) is 38.3 Å². The first-order valence-corrected chi connectivity index (χ1v) is 11.2. The molecule has 10 nitrogen and oxygen atoms in total. The number of benzene rings is 1. The van der Waals surface area contributed by atoms with E-state index in [1.165, 1.54) is 35.9 Å². The van der Waals surface area contributed by atoms with Crippen LogP contribution in [0.25, 0.3) is 0 Å². The molecular weight excluding hydrogens is 452 g/mol. The number of primary amides is 1. The Morgan fingerprint density at radius 2 is 1.83 bits per heavy atom. The number of anilines is 1. The Morgan fingerprint density at radius 3 is 2.46 bits per heavy atom. The molecule has 0 saturated heterocycles. The highest BCUT2D eigenvalue weighted by molar-refractivity contribution is 5.88. The zero-order valence-corrected chi connectivity index (χ0v) is 19.7. The van der Waals surface area contributed by atoms with Crippen molar-refractivity contribution in [1.29, 1.82) is 0 Å². The molecule has 10 heteroatoms. The van der Waals surface area contributed by atoms with Gasteiger partial charge >= 0.3 is 5.97 Å². The van der Waals surface area contributed by atoms with E-state index in [1.54, 1.807) is 13.0 Å². The number of carbonyl (C=O) groups excluding carboxylic acids is 4. The first-order chi connectivity index (χ1) is 16.7. The highest BCUT2D eigenvalue weighted by atomic mass is 16.5. The second-order valence-electron chi connectivity index (χ2n) is 7.75. The number of hydrogen-bond acceptors (Lipinski definition) is 6. The minimum atomic E-state index is -0.981. The number of hydrogen-bond donors (Lipinski definition) is 3. The molecule has 1 heterocycles. The number of nitrogens with one attached hydrogen (secondary N) is 2. The number of pyridine rings is 1. The van der Waals surface area contributed by atoms with Crippen LogP contribution in [-0.4, -0.2) is 40.9 Å². The Morgan fingerprint density at radius 1 is 1.11 bits per heavy atom. The third kappa shape index (κ3) is 8.92. The van der Waals surface area contributed by atoms with Crippen molar-refractivity contribution in [1.82, 2.24) is 9.88 Å². The van der Waals surface area contributed by atoms with E-state index < -0.39 is 41.3 Å². The molecule has 0 aliphatic heterocycles. The fourth-order valence-corrected chi connectivity index (χ4v) is 3.37. The number of carbonyl (C=O) groups is 4. The lowest BCUT2D eigenvalue weighted by molar-refractivity contribution is -0.137. The van der Waals surface area contributed by atoms with Gasteiger partial charge in [-0.25, -0.2) is 4.79 Å². The van der Waals surface area contributed by atoms with Gasteiger partial charge in [-0.15, -0.1) is 0 Å². The van der Waals surface area contributed by atoms with E-state index in [9.17, 15) is 24.0 Å². The van der Waals surface area contributed by atoms with Crippen molar-refractivity contribution in [2.75, 3.05) is 11.9 Å². The predicted molar refractivity (Wildman–Crippen MR) is 130 cm³/mol. The van der Waals surface area contributed by atoms with Crippen molar-refractivity contribution in [3.8, 4) is 0 Å². The van der Waals surface area contributed by atoms with Crippen LogP contribution in [0.5, 0.6) is 0 Å². The zero-order chi connectivity index (χ0) is 25.8. The number of nitrogens with two attached hydrogens (primary N) is 1. The van der Waals surface area contributed by atoms with Gasteiger partial charge in [0.1, 0.15) is 11.7 Å². The summed E-state index contributed by atoms with van der Waals surface area (Å²) >= 11 is 0. The van der Waals surface area contributed by atoms with Crippen LogP contribution in [0.15, 0.2) is 65.6 Å². The summed E-state index contributed by atoms with van der Waals surface area (Å²) < 4.78 is 6.11. The summed E-state index contributed by atoms with van der Waals surface area (Å²) in [5, 5.41) is 5.26. The largest absolute Gasteiger partial charge is 0.463 e. The molecule has 2 aromatic rings. The molecule has 1 aromatic carbocycles. The lowest BCUT2D eigenvalue weighted by atomic mass is 10.0. The maximum Gasteiger partial charge on any atom is 0.330 e. The summed E-state index contributed by atoms with van der Waals surface area (Å²) in [5.74, 6) is -2.09. The Bertz CT molecular complexity index is 1130. The molecule has 2 rings (SSSR count). The molecule has 2 atom stereocenters. The Labute approximate surface area is 203 Å². The molecule has 0 fully saturated rings. The van der Waals surface area contributed by atoms with Gasteiger partial charge in [-0.05, 0) is 31.0 Å². The Kier molecular flexibility index (Phi) is 10.4. The Hall–Kier alpha value is -4.21. The molecule has 0 aliphatic rings. The van der Waals surface area contributed by atoms with Crippen molar-refractivity contribution >= 4 is 29.4 Å². The lowest BCUT2D eigenvalue weighted by Crippen LogP contribution is -2.43. The third-order valence-corrected chi connectivity index (χ3v) is 4.98. The maximum atomic E-state index is 13.4. The highest BCUT2D eigenvalue weighted by Gasteiger charge is 2.25. The van der Waals surface area contributed by atoms with Gasteiger partial charge in [0.25, 0.3) is 5.56 Å². The highest BCUT2D eigenvalue weighted by Crippen LogP contribution is 2.16. The van der Waals surface area contributed by atoms with E-state index in [0.29, 0.717) is 0 Å². The molecular formula is C25H30N4O6. The summed E-state index contributed by atoms with van der Waals surface area (Å²) in [5.41, 5.74) is 5.56. The van der Waals surface area contributed by atoms with Crippen molar-refractivity contribution in [2.24, 2.45) is 5.73 Å². The van der Waals surface area contributed by atoms with Crippen molar-refractivity contribution in [3.05, 3.63) is 76.7 Å². The molecule has 0 spiro atoms. The van der Waals surface area contributed by atoms with Crippen LogP contribution in [0.2, 0.25) is 0 Å². The van der Waals surface area contributed by atoms with Gasteiger partial charge in [-0.3, -0.25) is 19.2 Å². The summed E-state index contributed by atoms with van der Waals surface area (Å²) in [6.45, 7) is 3.14. The van der Waals surface area contributed by atoms with Crippen LogP contribution in [-0.2, 0) is 30.3 Å². The second kappa shape index (κ2) is 13.5. The van der Waals surface area contributed by atoms with Gasteiger partial charge in [-0.1, -0.05) is 36.4 Å². The normalized spacial score (nSPS) is 12.5. The second-order valence-corrected chi connectivity index (χ2v) is 7.75. The fraction of sp³-hybridized carbons (Fsp3) is 0.320. The summed E-state index contributed by atoms with van der Waals surface area (Å²) in [6, 6.07) is 10.4. The van der Waals surface area contributed by atoms with Gasteiger partial charge in [0, 0.05) is 38.1 Å². The van der Waals surface area contributed by atoms with Crippen LogP contribution < -0.4 is 21.9 Å². The molecule has 3 amide bonds. The average Bonchev–Trinajstić information content (AvgIpc) is 2.81. The molecule has 0 saturated carbocycles. The van der Waals surface area contributed by atoms with Crippen LogP contribution in [0.3, 0.4) is 0 Å². The molecule has 186 valence electrons. The number of amides is 3. The molecule has 0 unspecified atom stereocenters. The van der Waals surface area contributed by atoms with E-state index in [-0.39, 0.29) is 31.6 Å². The van der Waals surface area contributed by atoms with E-state index in [2.05, 4.69) is 10.6 Å². The fourth-order valence-electron chi connectivity index (χ4n) is 3.37. The number of rotatable bonds is 12. The van der Waals surface area contributed by atoms with Gasteiger partial charge in [0.05, 0.1) is 6.61 Å². The third-order valence-electron chi connectivity index (χ3n) is 4.98. The molecule has 1 aromatic heterocycles. The van der Waals surface area contributed by atoms with Crippen LogP contribution in [0, 0.1) is 0 Å². The molecule has 35 heavy (non-hydrogen) atoms. The first kappa shape index (κ1) is 27.0. The summed E-state index contributed by atoms with van der Waals surface area (Å²) in [7, 11) is 0.